The van der Waals surface area contributed by atoms with Crippen molar-refractivity contribution >= 4 is 28.9 Å². The van der Waals surface area contributed by atoms with Crippen LogP contribution < -0.4 is 5.32 Å². The second kappa shape index (κ2) is 11.8. The average Bonchev–Trinajstić information content (AvgIpc) is 3.26. The number of hydrogen-bond acceptors (Lipinski definition) is 7. The van der Waals surface area contributed by atoms with E-state index in [1.54, 1.807) is 16.2 Å². The number of nitrogens with one attached hydrogen (secondary N) is 1. The first-order valence-electron chi connectivity index (χ1n) is 14.0. The molecular weight excluding hydrogens is 529 g/mol. The highest BCUT2D eigenvalue weighted by molar-refractivity contribution is 7.13. The number of carbonyl (C=O) groups excluding carboxylic acids is 3. The molecule has 8 nitrogen and oxygen atoms in total. The lowest BCUT2D eigenvalue weighted by Crippen LogP contribution is -2.51. The smallest absolute Gasteiger partial charge is 0.250 e. The van der Waals surface area contributed by atoms with E-state index in [9.17, 15) is 18.8 Å². The number of carbonyl (C=O) groups is 3. The average molecular weight is 570 g/mol. The van der Waals surface area contributed by atoms with Crippen LogP contribution in [0.1, 0.15) is 84.0 Å². The van der Waals surface area contributed by atoms with Crippen LogP contribution in [0.2, 0.25) is 0 Å². The maximum absolute atomic E-state index is 14.2. The van der Waals surface area contributed by atoms with E-state index in [1.165, 1.54) is 0 Å². The van der Waals surface area contributed by atoms with Gasteiger partial charge in [0.2, 0.25) is 11.7 Å². The maximum Gasteiger partial charge on any atom is 0.250 e. The number of Topliss-reactive ketones (excluding diaryl/α,β-unsaturated/α-hetero) is 1. The number of likely N-dealkylation sites (tertiary alicyclic amines) is 1. The Balaban J connectivity index is 1.53. The van der Waals surface area contributed by atoms with Crippen LogP contribution in [0.15, 0.2) is 40.0 Å². The van der Waals surface area contributed by atoms with Gasteiger partial charge in [0.15, 0.2) is 6.04 Å². The highest BCUT2D eigenvalue weighted by atomic mass is 32.1. The Bertz CT molecular complexity index is 1260. The molecule has 0 spiro atoms. The molecule has 216 valence electrons. The van der Waals surface area contributed by atoms with Crippen molar-refractivity contribution in [2.24, 2.45) is 21.6 Å². The lowest BCUT2D eigenvalue weighted by Gasteiger charge is -2.32. The van der Waals surface area contributed by atoms with Crippen LogP contribution in [0.4, 0.5) is 4.39 Å². The van der Waals surface area contributed by atoms with Gasteiger partial charge in [-0.3, -0.25) is 14.4 Å². The number of thiazole rings is 1. The molecule has 0 bridgehead atoms. The Morgan fingerprint density at radius 3 is 2.42 bits per heavy atom. The van der Waals surface area contributed by atoms with Crippen molar-refractivity contribution in [1.29, 1.82) is 0 Å². The van der Waals surface area contributed by atoms with Crippen molar-refractivity contribution in [3.63, 3.8) is 0 Å². The molecule has 1 aliphatic heterocycles. The van der Waals surface area contributed by atoms with Crippen molar-refractivity contribution in [1.82, 2.24) is 15.2 Å². The minimum Gasteiger partial charge on any atom is -0.347 e. The summed E-state index contributed by atoms with van der Waals surface area (Å²) < 4.78 is 14.2. The van der Waals surface area contributed by atoms with E-state index in [1.807, 2.05) is 71.3 Å². The summed E-state index contributed by atoms with van der Waals surface area (Å²) in [6.45, 7) is 11.7. The molecular formula is C30H40FN5O3S. The number of alkyl halides is 1. The molecule has 2 aliphatic rings. The van der Waals surface area contributed by atoms with Crippen LogP contribution in [-0.2, 0) is 14.4 Å². The summed E-state index contributed by atoms with van der Waals surface area (Å²) in [6.07, 6.45) is 1.96. The van der Waals surface area contributed by atoms with Crippen LogP contribution in [0.25, 0.3) is 10.4 Å². The van der Waals surface area contributed by atoms with Crippen LogP contribution in [0, 0.1) is 18.3 Å². The van der Waals surface area contributed by atoms with Gasteiger partial charge in [-0.1, -0.05) is 58.9 Å². The van der Waals surface area contributed by atoms with Gasteiger partial charge in [0, 0.05) is 31.7 Å². The molecule has 10 heteroatoms. The molecule has 4 rings (SSSR count). The number of benzene rings is 1. The van der Waals surface area contributed by atoms with Crippen molar-refractivity contribution in [2.45, 2.75) is 97.6 Å². The van der Waals surface area contributed by atoms with Crippen molar-refractivity contribution in [3.8, 4) is 10.4 Å². The van der Waals surface area contributed by atoms with Crippen LogP contribution in [0.5, 0.6) is 0 Å². The van der Waals surface area contributed by atoms with E-state index < -0.39 is 29.3 Å². The Morgan fingerprint density at radius 1 is 1.20 bits per heavy atom. The Morgan fingerprint density at radius 2 is 1.88 bits per heavy atom. The van der Waals surface area contributed by atoms with Gasteiger partial charge in [0.25, 0.3) is 5.91 Å². The van der Waals surface area contributed by atoms with E-state index in [4.69, 9.17) is 0 Å². The zero-order valence-corrected chi connectivity index (χ0v) is 25.1. The minimum atomic E-state index is -1.66. The number of amides is 2. The molecule has 1 N–H and O–H groups in total. The summed E-state index contributed by atoms with van der Waals surface area (Å²) in [5.74, 6) is -2.41. The summed E-state index contributed by atoms with van der Waals surface area (Å²) in [5, 5.41) is 11.1. The molecule has 2 amide bonds. The summed E-state index contributed by atoms with van der Waals surface area (Å²) in [6, 6.07) is 5.72. The highest BCUT2D eigenvalue weighted by Crippen LogP contribution is 2.42. The second-order valence-corrected chi connectivity index (χ2v) is 13.2. The van der Waals surface area contributed by atoms with Gasteiger partial charge in [-0.15, -0.1) is 11.3 Å². The number of halogens is 1. The van der Waals surface area contributed by atoms with Gasteiger partial charge >= 0.3 is 0 Å². The summed E-state index contributed by atoms with van der Waals surface area (Å²) >= 11 is 1.57. The maximum atomic E-state index is 14.2. The first-order chi connectivity index (χ1) is 18.8. The molecule has 3 unspecified atom stereocenters. The molecule has 1 aromatic carbocycles. The predicted molar refractivity (Wildman–Crippen MR) is 154 cm³/mol. The van der Waals surface area contributed by atoms with Gasteiger partial charge in [0.1, 0.15) is 11.8 Å². The first-order valence-corrected chi connectivity index (χ1v) is 14.9. The van der Waals surface area contributed by atoms with Gasteiger partial charge in [-0.05, 0) is 36.3 Å². The Hall–Kier alpha value is -3.01. The van der Waals surface area contributed by atoms with Gasteiger partial charge < -0.3 is 10.2 Å². The quantitative estimate of drug-likeness (QED) is 0.271. The molecule has 2 fully saturated rings. The number of hydrogen-bond donors (Lipinski definition) is 1. The molecule has 2 heterocycles. The third kappa shape index (κ3) is 7.00. The number of aryl methyl sites for hydroxylation is 1. The third-order valence-corrected chi connectivity index (χ3v) is 8.57. The monoisotopic (exact) mass is 569 g/mol. The Kier molecular flexibility index (Phi) is 8.87. The number of rotatable bonds is 10. The number of azo groups is 1. The van der Waals surface area contributed by atoms with E-state index in [0.29, 0.717) is 32.2 Å². The summed E-state index contributed by atoms with van der Waals surface area (Å²) in [7, 11) is 0. The Labute approximate surface area is 239 Å². The van der Waals surface area contributed by atoms with Gasteiger partial charge in [-0.2, -0.15) is 10.2 Å². The number of nitrogens with zero attached hydrogens (tertiary/aromatic N) is 4. The van der Waals surface area contributed by atoms with E-state index in [-0.39, 0.29) is 29.9 Å². The van der Waals surface area contributed by atoms with E-state index in [0.717, 1.165) is 21.7 Å². The normalized spacial score (nSPS) is 20.1. The molecule has 1 saturated heterocycles. The zero-order valence-electron chi connectivity index (χ0n) is 24.2. The van der Waals surface area contributed by atoms with E-state index >= 15 is 0 Å². The van der Waals surface area contributed by atoms with Gasteiger partial charge in [0.05, 0.1) is 22.1 Å². The fraction of sp³-hybridized carbons (Fsp3) is 0.600. The molecule has 2 aromatic rings. The lowest BCUT2D eigenvalue weighted by molar-refractivity contribution is -0.141. The summed E-state index contributed by atoms with van der Waals surface area (Å²) in [4.78, 5) is 47.1. The van der Waals surface area contributed by atoms with Crippen LogP contribution in [-0.4, -0.2) is 51.9 Å². The fourth-order valence-electron chi connectivity index (χ4n) is 4.82. The van der Waals surface area contributed by atoms with Crippen LogP contribution in [0.3, 0.4) is 0 Å². The second-order valence-electron chi connectivity index (χ2n) is 12.4. The van der Waals surface area contributed by atoms with Crippen LogP contribution >= 0.6 is 11.3 Å². The van der Waals surface area contributed by atoms with Crippen molar-refractivity contribution in [3.05, 3.63) is 41.0 Å². The minimum absolute atomic E-state index is 0.0421. The van der Waals surface area contributed by atoms with Gasteiger partial charge in [-0.25, -0.2) is 9.37 Å². The topological polar surface area (TPSA) is 104 Å². The van der Waals surface area contributed by atoms with Crippen molar-refractivity contribution in [2.75, 3.05) is 6.54 Å². The zero-order chi connectivity index (χ0) is 29.2. The molecule has 1 aliphatic carbocycles. The lowest BCUT2D eigenvalue weighted by atomic mass is 9.86. The van der Waals surface area contributed by atoms with Crippen molar-refractivity contribution < 1.29 is 18.8 Å². The standard InChI is InChI=1S/C30H40FN5O3S/c1-18(2)24(37)16-22(20-9-11-21(12-10-20)25-19(3)32-17-40-25)33-27(38)23-8-7-15-36(23)28(39)26(29(4,5)6)34-35-30(31)13-14-30/h9-12,17-18,22-23,26H,7-8,13-16H2,1-6H3,(H,33,38)/b35-34+. The molecule has 1 aromatic heterocycles. The predicted octanol–water partition coefficient (Wildman–Crippen LogP) is 6.21. The largest absolute Gasteiger partial charge is 0.347 e. The SMILES string of the molecule is Cc1ncsc1-c1ccc(C(CC(=O)C(C)C)NC(=O)C2CCCN2C(=O)C(/N=N/C2(F)CC2)C(C)(C)C)cc1. The number of aromatic nitrogens is 1. The molecule has 0 radical (unpaired) electrons. The molecule has 40 heavy (non-hydrogen) atoms. The fourth-order valence-corrected chi connectivity index (χ4v) is 5.63. The summed E-state index contributed by atoms with van der Waals surface area (Å²) in [5.41, 5.74) is 4.02. The van der Waals surface area contributed by atoms with E-state index in [2.05, 4.69) is 20.5 Å². The number of ketones is 1. The first kappa shape index (κ1) is 30.0. The third-order valence-electron chi connectivity index (χ3n) is 7.59. The highest BCUT2D eigenvalue weighted by Gasteiger charge is 2.46. The molecule has 3 atom stereocenters. The molecule has 1 saturated carbocycles.